The SMILES string of the molecule is CC(C)(C)C(=O)NNc1cccnc1. The summed E-state index contributed by atoms with van der Waals surface area (Å²) in [5, 5.41) is 0. The average Bonchev–Trinajstić information content (AvgIpc) is 2.14. The molecule has 0 atom stereocenters. The van der Waals surface area contributed by atoms with E-state index in [0.29, 0.717) is 0 Å². The highest BCUT2D eigenvalue weighted by Gasteiger charge is 2.20. The lowest BCUT2D eigenvalue weighted by Crippen LogP contribution is -2.38. The van der Waals surface area contributed by atoms with E-state index in [1.54, 1.807) is 18.5 Å². The van der Waals surface area contributed by atoms with Gasteiger partial charge in [-0.1, -0.05) is 20.8 Å². The van der Waals surface area contributed by atoms with Gasteiger partial charge in [-0.3, -0.25) is 20.6 Å². The summed E-state index contributed by atoms with van der Waals surface area (Å²) < 4.78 is 0. The fourth-order valence-electron chi connectivity index (χ4n) is 0.753. The minimum atomic E-state index is -0.394. The molecule has 1 aromatic rings. The summed E-state index contributed by atoms with van der Waals surface area (Å²) in [5.41, 5.74) is 5.77. The first-order valence-corrected chi connectivity index (χ1v) is 4.46. The lowest BCUT2D eigenvalue weighted by atomic mass is 9.96. The van der Waals surface area contributed by atoms with Crippen LogP contribution in [0.3, 0.4) is 0 Å². The van der Waals surface area contributed by atoms with Crippen LogP contribution in [0.25, 0.3) is 0 Å². The molecule has 0 radical (unpaired) electrons. The third-order valence-corrected chi connectivity index (χ3v) is 1.66. The van der Waals surface area contributed by atoms with Crippen LogP contribution in [0.1, 0.15) is 20.8 Å². The summed E-state index contributed by atoms with van der Waals surface area (Å²) in [6, 6.07) is 3.63. The van der Waals surface area contributed by atoms with Gasteiger partial charge in [-0.25, -0.2) is 0 Å². The molecule has 0 spiro atoms. The summed E-state index contributed by atoms with van der Waals surface area (Å²) in [6.45, 7) is 5.56. The van der Waals surface area contributed by atoms with Gasteiger partial charge in [-0.05, 0) is 12.1 Å². The summed E-state index contributed by atoms with van der Waals surface area (Å²) >= 11 is 0. The van der Waals surface area contributed by atoms with Gasteiger partial charge < -0.3 is 0 Å². The molecule has 0 aromatic carbocycles. The second-order valence-corrected chi connectivity index (χ2v) is 4.07. The second-order valence-electron chi connectivity index (χ2n) is 4.07. The number of hydrazine groups is 1. The highest BCUT2D eigenvalue weighted by molar-refractivity contribution is 5.82. The number of nitrogens with one attached hydrogen (secondary N) is 2. The van der Waals surface area contributed by atoms with E-state index < -0.39 is 5.41 Å². The molecule has 76 valence electrons. The Labute approximate surface area is 83.7 Å². The maximum Gasteiger partial charge on any atom is 0.243 e. The number of anilines is 1. The quantitative estimate of drug-likeness (QED) is 0.701. The Morgan fingerprint density at radius 2 is 2.14 bits per heavy atom. The molecule has 1 heterocycles. The van der Waals surface area contributed by atoms with Crippen molar-refractivity contribution in [1.82, 2.24) is 10.4 Å². The minimum Gasteiger partial charge on any atom is -0.297 e. The Bertz CT molecular complexity index is 303. The van der Waals surface area contributed by atoms with Gasteiger partial charge in [0.15, 0.2) is 0 Å². The van der Waals surface area contributed by atoms with Gasteiger partial charge in [-0.2, -0.15) is 0 Å². The van der Waals surface area contributed by atoms with Crippen LogP contribution in [-0.2, 0) is 4.79 Å². The molecule has 14 heavy (non-hydrogen) atoms. The molecule has 0 bridgehead atoms. The number of rotatable bonds is 2. The molecule has 0 aliphatic heterocycles. The van der Waals surface area contributed by atoms with Gasteiger partial charge in [0.05, 0.1) is 11.9 Å². The molecule has 0 saturated heterocycles. The van der Waals surface area contributed by atoms with Crippen molar-refractivity contribution in [2.75, 3.05) is 5.43 Å². The predicted octanol–water partition coefficient (Wildman–Crippen LogP) is 1.57. The third kappa shape index (κ3) is 3.05. The molecule has 0 fully saturated rings. The molecule has 0 unspecified atom stereocenters. The number of hydrogen-bond acceptors (Lipinski definition) is 3. The molecule has 1 rings (SSSR count). The number of pyridine rings is 1. The Balaban J connectivity index is 2.46. The topological polar surface area (TPSA) is 54.0 Å². The van der Waals surface area contributed by atoms with Crippen LogP contribution in [-0.4, -0.2) is 10.9 Å². The van der Waals surface area contributed by atoms with Gasteiger partial charge in [-0.15, -0.1) is 0 Å². The zero-order chi connectivity index (χ0) is 10.6. The van der Waals surface area contributed by atoms with Crippen molar-refractivity contribution in [2.24, 2.45) is 5.41 Å². The predicted molar refractivity (Wildman–Crippen MR) is 55.5 cm³/mol. The van der Waals surface area contributed by atoms with Crippen LogP contribution in [0.4, 0.5) is 5.69 Å². The second kappa shape index (κ2) is 4.09. The van der Waals surface area contributed by atoms with E-state index in [1.165, 1.54) is 0 Å². The fourth-order valence-corrected chi connectivity index (χ4v) is 0.753. The first kappa shape index (κ1) is 10.5. The smallest absolute Gasteiger partial charge is 0.243 e. The maximum atomic E-state index is 11.4. The molecule has 4 heteroatoms. The van der Waals surface area contributed by atoms with Crippen molar-refractivity contribution in [3.63, 3.8) is 0 Å². The van der Waals surface area contributed by atoms with Crippen LogP contribution in [0, 0.1) is 5.41 Å². The highest BCUT2D eigenvalue weighted by atomic mass is 16.2. The maximum absolute atomic E-state index is 11.4. The van der Waals surface area contributed by atoms with Crippen LogP contribution in [0.2, 0.25) is 0 Å². The van der Waals surface area contributed by atoms with Gasteiger partial charge in [0.2, 0.25) is 5.91 Å². The van der Waals surface area contributed by atoms with Crippen molar-refractivity contribution in [2.45, 2.75) is 20.8 Å². The van der Waals surface area contributed by atoms with E-state index in [-0.39, 0.29) is 5.91 Å². The Morgan fingerprint density at radius 3 is 2.64 bits per heavy atom. The molecule has 0 aliphatic rings. The average molecular weight is 193 g/mol. The van der Waals surface area contributed by atoms with Crippen LogP contribution < -0.4 is 10.9 Å². The Hall–Kier alpha value is -1.58. The summed E-state index contributed by atoms with van der Waals surface area (Å²) in [4.78, 5) is 15.4. The van der Waals surface area contributed by atoms with E-state index in [4.69, 9.17) is 0 Å². The van der Waals surface area contributed by atoms with Gasteiger partial charge >= 0.3 is 0 Å². The van der Waals surface area contributed by atoms with Crippen LogP contribution >= 0.6 is 0 Å². The van der Waals surface area contributed by atoms with E-state index in [9.17, 15) is 4.79 Å². The van der Waals surface area contributed by atoms with Gasteiger partial charge in [0.25, 0.3) is 0 Å². The summed E-state index contributed by atoms with van der Waals surface area (Å²) in [5.74, 6) is -0.0543. The largest absolute Gasteiger partial charge is 0.297 e. The fraction of sp³-hybridized carbons (Fsp3) is 0.400. The normalized spacial score (nSPS) is 10.8. The molecular weight excluding hydrogens is 178 g/mol. The Kier molecular flexibility index (Phi) is 3.06. The minimum absolute atomic E-state index is 0.0543. The summed E-state index contributed by atoms with van der Waals surface area (Å²) in [6.07, 6.45) is 3.32. The standard InChI is InChI=1S/C10H15N3O/c1-10(2,3)9(14)13-12-8-5-4-6-11-7-8/h4-7,12H,1-3H3,(H,13,14). The number of nitrogens with zero attached hydrogens (tertiary/aromatic N) is 1. The van der Waals surface area contributed by atoms with E-state index in [2.05, 4.69) is 15.8 Å². The van der Waals surface area contributed by atoms with Crippen molar-refractivity contribution in [3.05, 3.63) is 24.5 Å². The van der Waals surface area contributed by atoms with E-state index >= 15 is 0 Å². The lowest BCUT2D eigenvalue weighted by molar-refractivity contribution is -0.127. The van der Waals surface area contributed by atoms with Crippen LogP contribution in [0.5, 0.6) is 0 Å². The molecule has 0 aliphatic carbocycles. The zero-order valence-corrected chi connectivity index (χ0v) is 8.66. The van der Waals surface area contributed by atoms with E-state index in [1.807, 2.05) is 26.8 Å². The Morgan fingerprint density at radius 1 is 1.43 bits per heavy atom. The highest BCUT2D eigenvalue weighted by Crippen LogP contribution is 2.12. The third-order valence-electron chi connectivity index (χ3n) is 1.66. The summed E-state index contributed by atoms with van der Waals surface area (Å²) in [7, 11) is 0. The molecule has 1 amide bonds. The van der Waals surface area contributed by atoms with E-state index in [0.717, 1.165) is 5.69 Å². The van der Waals surface area contributed by atoms with Crippen LogP contribution in [0.15, 0.2) is 24.5 Å². The van der Waals surface area contributed by atoms with Gasteiger partial charge in [0.1, 0.15) is 0 Å². The number of aromatic nitrogens is 1. The first-order valence-electron chi connectivity index (χ1n) is 4.46. The molecule has 4 nitrogen and oxygen atoms in total. The number of hydrogen-bond donors (Lipinski definition) is 2. The monoisotopic (exact) mass is 193 g/mol. The molecular formula is C10H15N3O. The molecule has 2 N–H and O–H groups in total. The van der Waals surface area contributed by atoms with Crippen molar-refractivity contribution >= 4 is 11.6 Å². The zero-order valence-electron chi connectivity index (χ0n) is 8.66. The van der Waals surface area contributed by atoms with Crippen molar-refractivity contribution < 1.29 is 4.79 Å². The number of amides is 1. The van der Waals surface area contributed by atoms with Crippen molar-refractivity contribution in [3.8, 4) is 0 Å². The molecule has 0 saturated carbocycles. The molecule has 1 aromatic heterocycles. The van der Waals surface area contributed by atoms with Crippen molar-refractivity contribution in [1.29, 1.82) is 0 Å². The van der Waals surface area contributed by atoms with Gasteiger partial charge in [0, 0.05) is 11.6 Å². The number of carbonyl (C=O) groups is 1. The number of carbonyl (C=O) groups excluding carboxylic acids is 1. The lowest BCUT2D eigenvalue weighted by Gasteiger charge is -2.18. The first-order chi connectivity index (χ1) is 6.50.